The first kappa shape index (κ1) is 15.6. The molecule has 1 rings (SSSR count). The van der Waals surface area contributed by atoms with Crippen LogP contribution in [-0.2, 0) is 9.59 Å². The number of nitrogens with zero attached hydrogens (tertiary/aromatic N) is 2. The van der Waals surface area contributed by atoms with Gasteiger partial charge >= 0.3 is 113 Å². The normalized spacial score (nSPS) is 22.1. The number of carbonyl (C=O) groups is 2. The topological polar surface area (TPSA) is 73.8 Å². The standard InChI is InChI=1S/C13H23N4O2.Lr/c1-4-10(8-14)16-12(18)11-6-5-7-17(11)13(19)9(2)15-3;/h8-11,15H,4-7H2,1-3H3,(H,16,18);/q-1;+1/t9-,10-,11-;/m0./s1. The van der Waals surface area contributed by atoms with Crippen molar-refractivity contribution in [3.8, 4) is 0 Å². The van der Waals surface area contributed by atoms with Crippen LogP contribution >= 0.6 is 0 Å². The molecule has 2 amide bonds. The molecule has 20 heavy (non-hydrogen) atoms. The maximum atomic E-state index is 12.3. The molecule has 7 heteroatoms. The van der Waals surface area contributed by atoms with Crippen molar-refractivity contribution < 1.29 is 9.59 Å². The third kappa shape index (κ3) is 3.54. The average Bonchev–Trinajstić information content (AvgIpc) is 2.94. The molecule has 0 spiro atoms. The molecule has 0 aliphatic carbocycles. The minimum absolute atomic E-state index is 0.0145. The molecule has 1 aliphatic heterocycles. The summed E-state index contributed by atoms with van der Waals surface area (Å²) in [6, 6.07) is -0.695. The third-order valence-corrected chi connectivity index (χ3v) is 3.95. The Morgan fingerprint density at radius 3 is 2.80 bits per heavy atom. The van der Waals surface area contributed by atoms with Crippen LogP contribution in [0.1, 0.15) is 33.1 Å². The Balaban J connectivity index is 2.68. The van der Waals surface area contributed by atoms with E-state index in [0.29, 0.717) is 6.54 Å². The molecule has 6 nitrogen and oxygen atoms in total. The molecule has 1 aliphatic rings. The van der Waals surface area contributed by atoms with Gasteiger partial charge in [0.1, 0.15) is 0 Å². The molecule has 0 bridgehead atoms. The Bertz CT molecular complexity index is 375. The van der Waals surface area contributed by atoms with Crippen molar-refractivity contribution in [1.82, 2.24) is 15.5 Å². The van der Waals surface area contributed by atoms with Gasteiger partial charge in [-0.1, -0.05) is 0 Å². The van der Waals surface area contributed by atoms with Gasteiger partial charge in [-0.25, -0.2) is 0 Å². The summed E-state index contributed by atoms with van der Waals surface area (Å²) in [6.45, 7) is 4.45. The van der Waals surface area contributed by atoms with Crippen LogP contribution in [0.5, 0.6) is 0 Å². The average molecular weight is 529 g/mol. The van der Waals surface area contributed by atoms with Crippen molar-refractivity contribution in [2.24, 2.45) is 5.41 Å². The summed E-state index contributed by atoms with van der Waals surface area (Å²) in [6.07, 6.45) is 4.08. The van der Waals surface area contributed by atoms with Crippen molar-refractivity contribution in [2.75, 3.05) is 13.6 Å². The second-order valence-corrected chi connectivity index (χ2v) is 5.49. The third-order valence-electron chi connectivity index (χ3n) is 3.63. The van der Waals surface area contributed by atoms with E-state index in [1.165, 1.54) is 0 Å². The summed E-state index contributed by atoms with van der Waals surface area (Å²) >= 11 is 0. The first-order valence-electron chi connectivity index (χ1n) is 6.92. The monoisotopic (exact) mass is 529 g/mol. The quantitative estimate of drug-likeness (QED) is 0.477. The number of amides is 2. The molecule has 0 unspecified atom stereocenters. The first-order valence-corrected chi connectivity index (χ1v) is 7.88. The molecule has 1 fully saturated rings. The van der Waals surface area contributed by atoms with Crippen molar-refractivity contribution in [1.29, 1.82) is 0 Å². The Hall–Kier alpha value is -2.43. The summed E-state index contributed by atoms with van der Waals surface area (Å²) in [4.78, 5) is 26.2. The van der Waals surface area contributed by atoms with Crippen LogP contribution in [0.3, 0.4) is 0 Å². The number of hydrogen-bond donors (Lipinski definition) is 2. The molecule has 1 saturated heterocycles. The fourth-order valence-corrected chi connectivity index (χ4v) is 2.63. The Labute approximate surface area is 114 Å². The second-order valence-electron chi connectivity index (χ2n) is 4.94. The van der Waals surface area contributed by atoms with E-state index in [0.717, 1.165) is 19.3 Å². The van der Waals surface area contributed by atoms with Gasteiger partial charge in [0, 0.05) is 0 Å². The second kappa shape index (κ2) is 7.23. The van der Waals surface area contributed by atoms with E-state index < -0.39 is 0 Å². The summed E-state index contributed by atoms with van der Waals surface area (Å²) in [5, 5.41) is 9.76. The van der Waals surface area contributed by atoms with Gasteiger partial charge in [-0.15, -0.1) is 0 Å². The zero-order valence-electron chi connectivity index (χ0n) is 12.1. The number of carbonyl (C=O) groups excluding carboxylic acids is 2. The Kier molecular flexibility index (Phi) is 5.65. The fourth-order valence-electron chi connectivity index (χ4n) is 2.25. The fraction of sp³-hybridized carbons (Fsp3) is 0.769. The minimum atomic E-state index is -0.354. The van der Waals surface area contributed by atoms with E-state index in [-0.39, 0.29) is 29.9 Å². The van der Waals surface area contributed by atoms with Gasteiger partial charge in [0.05, 0.1) is 0 Å². The predicted molar refractivity (Wildman–Crippen MR) is 74.0 cm³/mol. The van der Waals surface area contributed by atoms with Crippen molar-refractivity contribution in [2.45, 2.75) is 51.2 Å². The molecule has 0 aromatic rings. The van der Waals surface area contributed by atoms with Crippen molar-refractivity contribution >= 4 is 18.0 Å². The summed E-state index contributed by atoms with van der Waals surface area (Å²) in [7, 11) is 1.75. The zero-order chi connectivity index (χ0) is 15.1. The van der Waals surface area contributed by atoms with Gasteiger partial charge in [-0.05, 0) is 0 Å². The summed E-state index contributed by atoms with van der Waals surface area (Å²) in [5.74, 6) is -0.0986. The number of hydrogen-bond acceptors (Lipinski definition) is 4. The number of nitrogens with one attached hydrogen (secondary N) is 2. The van der Waals surface area contributed by atoms with Gasteiger partial charge in [-0.3, -0.25) is 0 Å². The SMILES string of the molecule is CC[C@@H](/C=[N]/[Lr])NC(=O)[C@@H]1CCCN1C(=O)[C@H](C)NC. The molecule has 0 radical (unpaired) electrons. The molecule has 3 atom stereocenters. The molecule has 0 aromatic carbocycles. The molecule has 122 valence electrons. The van der Waals surface area contributed by atoms with E-state index >= 15 is 0 Å². The zero-order valence-corrected chi connectivity index (χ0v) is 14.3. The van der Waals surface area contributed by atoms with E-state index in [2.05, 4.69) is 16.0 Å². The molecule has 0 aromatic heterocycles. The van der Waals surface area contributed by atoms with Crippen LogP contribution in [0.15, 0.2) is 5.41 Å². The van der Waals surface area contributed by atoms with Crippen LogP contribution < -0.4 is 10.6 Å². The first-order chi connectivity index (χ1) is 9.54. The number of rotatable bonds is 6. The van der Waals surface area contributed by atoms with E-state index in [1.807, 2.05) is 13.8 Å². The molecule has 0 saturated carbocycles. The predicted octanol–water partition coefficient (Wildman–Crippen LogP) is 0.0152. The summed E-state index contributed by atoms with van der Waals surface area (Å²) in [5.41, 5.74) is 0. The number of likely N-dealkylation sites (tertiary alicyclic amines) is 1. The van der Waals surface area contributed by atoms with E-state index in [1.54, 1.807) is 18.2 Å². The van der Waals surface area contributed by atoms with Crippen LogP contribution in [0.4, 0.5) is 0 Å². The van der Waals surface area contributed by atoms with Gasteiger partial charge in [-0.2, -0.15) is 0 Å². The van der Waals surface area contributed by atoms with Gasteiger partial charge in [0.25, 0.3) is 0 Å². The Morgan fingerprint density at radius 1 is 1.55 bits per heavy atom. The van der Waals surface area contributed by atoms with Gasteiger partial charge in [0.15, 0.2) is 0 Å². The van der Waals surface area contributed by atoms with Crippen LogP contribution in [-0.4, -0.2) is 54.6 Å². The van der Waals surface area contributed by atoms with Crippen LogP contribution in [0.2, 0.25) is 0 Å². The van der Waals surface area contributed by atoms with Crippen LogP contribution in [0.25, 0.3) is 0 Å². The molecule has 2 N–H and O–H groups in total. The van der Waals surface area contributed by atoms with Crippen molar-refractivity contribution in [3.63, 3.8) is 0 Å². The summed E-state index contributed by atoms with van der Waals surface area (Å²) < 4.78 is 2.07. The van der Waals surface area contributed by atoms with E-state index in [9.17, 15) is 9.59 Å². The van der Waals surface area contributed by atoms with Crippen LogP contribution in [0, 0.1) is 0 Å². The van der Waals surface area contributed by atoms with Crippen molar-refractivity contribution in [3.05, 3.63) is 0 Å². The molecular weight excluding hydrogens is 506 g/mol. The number of likely N-dealkylation sites (N-methyl/N-ethyl adjacent to an activating group) is 1. The van der Waals surface area contributed by atoms with Gasteiger partial charge < -0.3 is 0 Å². The molecular formula is C13H23LrN4O2. The Morgan fingerprint density at radius 2 is 2.25 bits per heavy atom. The van der Waals surface area contributed by atoms with Gasteiger partial charge in [0.2, 0.25) is 0 Å². The maximum absolute atomic E-state index is 12.3. The molecule has 1 heterocycles. The van der Waals surface area contributed by atoms with E-state index in [4.69, 9.17) is 0 Å².